The van der Waals surface area contributed by atoms with Gasteiger partial charge in [-0.05, 0) is 48.5 Å². The van der Waals surface area contributed by atoms with Gasteiger partial charge in [0, 0.05) is 24.3 Å². The first-order chi connectivity index (χ1) is 14.4. The van der Waals surface area contributed by atoms with E-state index in [-0.39, 0.29) is 6.04 Å². The molecule has 11 heteroatoms. The Balaban J connectivity index is 1.65. The van der Waals surface area contributed by atoms with Gasteiger partial charge >= 0.3 is 0 Å². The second-order valence-corrected chi connectivity index (χ2v) is 7.65. The minimum atomic E-state index is -0.584. The number of ether oxygens (including phenoxy) is 2. The lowest BCUT2D eigenvalue weighted by Gasteiger charge is -2.27. The third-order valence-electron chi connectivity index (χ3n) is 4.34. The first-order valence-electron chi connectivity index (χ1n) is 8.94. The fourth-order valence-electron chi connectivity index (χ4n) is 2.95. The molecule has 0 radical (unpaired) electrons. The van der Waals surface area contributed by atoms with Crippen molar-refractivity contribution in [1.82, 2.24) is 25.6 Å². The molecule has 3 N–H and O–H groups in total. The first-order valence-corrected chi connectivity index (χ1v) is 10.1. The van der Waals surface area contributed by atoms with Gasteiger partial charge in [-0.25, -0.2) is 4.98 Å². The van der Waals surface area contributed by atoms with Crippen LogP contribution in [-0.4, -0.2) is 46.6 Å². The molecule has 0 fully saturated rings. The number of benzene rings is 1. The number of aromatic amines is 1. The number of nitrogens with one attached hydrogen (secondary N) is 3. The first kappa shape index (κ1) is 22.6. The number of methoxy groups -OCH3 is 2. The molecule has 160 valence electrons. The van der Waals surface area contributed by atoms with Crippen molar-refractivity contribution in [2.45, 2.75) is 25.3 Å². The summed E-state index contributed by atoms with van der Waals surface area (Å²) in [6.45, 7) is 0.295. The van der Waals surface area contributed by atoms with E-state index in [0.29, 0.717) is 45.1 Å². The van der Waals surface area contributed by atoms with Gasteiger partial charge in [-0.15, -0.1) is 0 Å². The van der Waals surface area contributed by atoms with Crippen molar-refractivity contribution in [3.05, 3.63) is 57.7 Å². The molecular formula is C19H20Cl2FN5O2S. The quantitative estimate of drug-likeness (QED) is 0.263. The molecule has 30 heavy (non-hydrogen) atoms. The molecule has 0 spiro atoms. The molecule has 2 heterocycles. The molecule has 3 rings (SSSR count). The monoisotopic (exact) mass is 471 g/mol. The van der Waals surface area contributed by atoms with E-state index in [1.165, 1.54) is 6.07 Å². The van der Waals surface area contributed by atoms with Crippen LogP contribution in [0.4, 0.5) is 4.39 Å². The SMILES string of the molecule is COC(OC)[C@H](Cc1ccc(Cl)cc1Cl)NC(=S)NCc1nc2nc(F)ccc2[nH]1. The third kappa shape index (κ3) is 5.77. The summed E-state index contributed by atoms with van der Waals surface area (Å²) in [5.74, 6) is -0.0147. The van der Waals surface area contributed by atoms with Crippen LogP contribution >= 0.6 is 35.4 Å². The normalized spacial score (nSPS) is 12.3. The van der Waals surface area contributed by atoms with Crippen molar-refractivity contribution in [3.8, 4) is 0 Å². The zero-order chi connectivity index (χ0) is 21.7. The Labute approximate surface area is 188 Å². The molecule has 2 aromatic heterocycles. The minimum absolute atomic E-state index is 0.295. The molecule has 0 bridgehead atoms. The third-order valence-corrected chi connectivity index (χ3v) is 5.19. The van der Waals surface area contributed by atoms with E-state index in [2.05, 4.69) is 25.6 Å². The van der Waals surface area contributed by atoms with E-state index in [9.17, 15) is 4.39 Å². The van der Waals surface area contributed by atoms with E-state index in [0.717, 1.165) is 5.56 Å². The largest absolute Gasteiger partial charge is 0.356 e. The lowest BCUT2D eigenvalue weighted by molar-refractivity contribution is -0.119. The number of hydrogen-bond acceptors (Lipinski definition) is 5. The highest BCUT2D eigenvalue weighted by molar-refractivity contribution is 7.80. The predicted octanol–water partition coefficient (Wildman–Crippen LogP) is 3.60. The number of thiocarbonyl (C=S) groups is 1. The summed E-state index contributed by atoms with van der Waals surface area (Å²) in [6, 6.07) is 7.82. The highest BCUT2D eigenvalue weighted by atomic mass is 35.5. The maximum Gasteiger partial charge on any atom is 0.215 e. The summed E-state index contributed by atoms with van der Waals surface area (Å²) >= 11 is 17.7. The fraction of sp³-hybridized carbons (Fsp3) is 0.316. The van der Waals surface area contributed by atoms with Crippen molar-refractivity contribution >= 4 is 51.7 Å². The summed E-state index contributed by atoms with van der Waals surface area (Å²) in [7, 11) is 3.09. The predicted molar refractivity (Wildman–Crippen MR) is 118 cm³/mol. The zero-order valence-corrected chi connectivity index (χ0v) is 18.5. The number of pyridine rings is 1. The van der Waals surface area contributed by atoms with Crippen LogP contribution in [-0.2, 0) is 22.4 Å². The molecule has 1 atom stereocenters. The van der Waals surface area contributed by atoms with Crippen molar-refractivity contribution in [1.29, 1.82) is 0 Å². The van der Waals surface area contributed by atoms with Crippen molar-refractivity contribution in [3.63, 3.8) is 0 Å². The second-order valence-electron chi connectivity index (χ2n) is 6.40. The summed E-state index contributed by atoms with van der Waals surface area (Å²) in [5.41, 5.74) is 1.81. The lowest BCUT2D eigenvalue weighted by Crippen LogP contribution is -2.49. The molecule has 0 amide bonds. The summed E-state index contributed by atoms with van der Waals surface area (Å²) in [5, 5.41) is 7.70. The Hall–Kier alpha value is -2.04. The van der Waals surface area contributed by atoms with Gasteiger partial charge in [-0.1, -0.05) is 29.3 Å². The van der Waals surface area contributed by atoms with Gasteiger partial charge in [0.15, 0.2) is 17.0 Å². The van der Waals surface area contributed by atoms with E-state index in [1.807, 2.05) is 6.07 Å². The molecule has 0 aliphatic rings. The minimum Gasteiger partial charge on any atom is -0.356 e. The number of halogens is 3. The maximum atomic E-state index is 13.2. The summed E-state index contributed by atoms with van der Waals surface area (Å²) < 4.78 is 24.0. The molecule has 0 saturated heterocycles. The molecule has 0 aliphatic carbocycles. The van der Waals surface area contributed by atoms with E-state index >= 15 is 0 Å². The molecule has 7 nitrogen and oxygen atoms in total. The number of nitrogens with zero attached hydrogens (tertiary/aromatic N) is 2. The zero-order valence-electron chi connectivity index (χ0n) is 16.2. The average molecular weight is 472 g/mol. The van der Waals surface area contributed by atoms with Gasteiger partial charge in [0.05, 0.1) is 18.1 Å². The fourth-order valence-corrected chi connectivity index (χ4v) is 3.66. The second kappa shape index (κ2) is 10.3. The van der Waals surface area contributed by atoms with Crippen LogP contribution in [0.25, 0.3) is 11.2 Å². The molecule has 3 aromatic rings. The van der Waals surface area contributed by atoms with Gasteiger partial charge in [-0.2, -0.15) is 9.37 Å². The van der Waals surface area contributed by atoms with Gasteiger partial charge in [0.25, 0.3) is 0 Å². The van der Waals surface area contributed by atoms with Gasteiger partial charge in [-0.3, -0.25) is 0 Å². The number of H-pyrrole nitrogens is 1. The highest BCUT2D eigenvalue weighted by Gasteiger charge is 2.23. The molecule has 0 unspecified atom stereocenters. The summed E-state index contributed by atoms with van der Waals surface area (Å²) in [4.78, 5) is 11.0. The van der Waals surface area contributed by atoms with Crippen LogP contribution in [0.1, 0.15) is 11.4 Å². The maximum absolute atomic E-state index is 13.2. The number of aromatic nitrogens is 3. The Morgan fingerprint density at radius 3 is 2.67 bits per heavy atom. The van der Waals surface area contributed by atoms with Gasteiger partial charge < -0.3 is 25.1 Å². The number of hydrogen-bond donors (Lipinski definition) is 3. The van der Waals surface area contributed by atoms with Crippen molar-refractivity contribution in [2.75, 3.05) is 14.2 Å². The molecule has 0 saturated carbocycles. The number of fused-ring (bicyclic) bond motifs is 1. The number of imidazole rings is 1. The Morgan fingerprint density at radius 1 is 1.20 bits per heavy atom. The average Bonchev–Trinajstić information content (AvgIpc) is 3.11. The van der Waals surface area contributed by atoms with Crippen LogP contribution in [0.2, 0.25) is 10.0 Å². The van der Waals surface area contributed by atoms with Gasteiger partial charge in [0.2, 0.25) is 5.95 Å². The van der Waals surface area contributed by atoms with E-state index in [4.69, 9.17) is 44.9 Å². The van der Waals surface area contributed by atoms with Crippen LogP contribution in [0.3, 0.4) is 0 Å². The van der Waals surface area contributed by atoms with Crippen LogP contribution in [0.5, 0.6) is 0 Å². The van der Waals surface area contributed by atoms with Crippen LogP contribution in [0.15, 0.2) is 30.3 Å². The van der Waals surface area contributed by atoms with Crippen LogP contribution in [0, 0.1) is 5.95 Å². The molecule has 0 aliphatic heterocycles. The van der Waals surface area contributed by atoms with Gasteiger partial charge in [0.1, 0.15) is 5.82 Å². The smallest absolute Gasteiger partial charge is 0.215 e. The van der Waals surface area contributed by atoms with Crippen molar-refractivity contribution in [2.24, 2.45) is 0 Å². The Bertz CT molecular complexity index is 1030. The van der Waals surface area contributed by atoms with Crippen molar-refractivity contribution < 1.29 is 13.9 Å². The molecular weight excluding hydrogens is 452 g/mol. The van der Waals surface area contributed by atoms with E-state index < -0.39 is 12.2 Å². The Morgan fingerprint density at radius 2 is 1.97 bits per heavy atom. The summed E-state index contributed by atoms with van der Waals surface area (Å²) in [6.07, 6.45) is -0.0901. The molecule has 1 aromatic carbocycles. The number of rotatable bonds is 8. The van der Waals surface area contributed by atoms with E-state index in [1.54, 1.807) is 32.4 Å². The topological polar surface area (TPSA) is 84.1 Å². The highest BCUT2D eigenvalue weighted by Crippen LogP contribution is 2.23. The Kier molecular flexibility index (Phi) is 7.79. The standard InChI is InChI=1S/C19H20Cl2FN5O2S/c1-28-18(29-2)14(7-10-3-4-11(20)8-12(10)21)25-19(30)23-9-16-24-13-5-6-15(22)26-17(13)27-16/h3-6,8,14,18H,7,9H2,1-2H3,(H2,23,25,30)(H,24,26,27)/t14-/m0/s1. The van der Waals surface area contributed by atoms with Crippen LogP contribution < -0.4 is 10.6 Å². The lowest BCUT2D eigenvalue weighted by atomic mass is 10.1.